The van der Waals surface area contributed by atoms with Gasteiger partial charge in [-0.1, -0.05) is 0 Å². The van der Waals surface area contributed by atoms with Crippen molar-refractivity contribution in [2.75, 3.05) is 11.9 Å². The molecule has 0 radical (unpaired) electrons. The maximum absolute atomic E-state index is 13.2. The molecule has 0 bridgehead atoms. The van der Waals surface area contributed by atoms with Crippen LogP contribution in [0.15, 0.2) is 18.2 Å². The van der Waals surface area contributed by atoms with Gasteiger partial charge in [-0.05, 0) is 58.2 Å². The number of rotatable bonds is 6. The lowest BCUT2D eigenvalue weighted by Gasteiger charge is -2.39. The van der Waals surface area contributed by atoms with Crippen LogP contribution in [0.2, 0.25) is 0 Å². The smallest absolute Gasteiger partial charge is 0.420 e. The summed E-state index contributed by atoms with van der Waals surface area (Å²) in [6.07, 6.45) is -2.94. The molecule has 1 aromatic rings. The van der Waals surface area contributed by atoms with Crippen LogP contribution in [0.1, 0.15) is 45.6 Å². The maximum atomic E-state index is 13.2. The molecular weight excluding hydrogens is 323 g/mol. The van der Waals surface area contributed by atoms with Crippen molar-refractivity contribution in [2.24, 2.45) is 0 Å². The van der Waals surface area contributed by atoms with Gasteiger partial charge in [0, 0.05) is 12.3 Å². The summed E-state index contributed by atoms with van der Waals surface area (Å²) in [7, 11) is 0. The summed E-state index contributed by atoms with van der Waals surface area (Å²) in [5, 5.41) is 2.54. The van der Waals surface area contributed by atoms with Gasteiger partial charge < -0.3 is 14.8 Å². The summed E-state index contributed by atoms with van der Waals surface area (Å²) >= 11 is 0. The number of alkyl halides is 3. The number of benzene rings is 1. The van der Waals surface area contributed by atoms with Gasteiger partial charge in [-0.2, -0.15) is 13.2 Å². The number of ether oxygens (including phenoxy) is 2. The Morgan fingerprint density at radius 1 is 1.33 bits per heavy atom. The minimum absolute atomic E-state index is 0.0782. The van der Waals surface area contributed by atoms with Gasteiger partial charge in [-0.25, -0.2) is 0 Å². The van der Waals surface area contributed by atoms with Crippen LogP contribution < -0.4 is 10.1 Å². The highest BCUT2D eigenvalue weighted by molar-refractivity contribution is 5.98. The zero-order valence-corrected chi connectivity index (χ0v) is 14.0. The molecule has 0 atom stereocenters. The molecule has 4 nitrogen and oxygen atoms in total. The molecule has 0 spiro atoms. The van der Waals surface area contributed by atoms with Crippen molar-refractivity contribution >= 4 is 11.6 Å². The summed E-state index contributed by atoms with van der Waals surface area (Å²) in [5.74, 6) is -0.653. The van der Waals surface area contributed by atoms with Gasteiger partial charge in [-0.3, -0.25) is 4.79 Å². The van der Waals surface area contributed by atoms with Gasteiger partial charge in [0.05, 0.1) is 11.7 Å². The number of hydrogen-bond acceptors (Lipinski definition) is 3. The molecule has 1 amide bonds. The lowest BCUT2D eigenvalue weighted by atomic mass is 9.79. The average molecular weight is 345 g/mol. The third-order valence-corrected chi connectivity index (χ3v) is 3.90. The van der Waals surface area contributed by atoms with E-state index in [4.69, 9.17) is 9.47 Å². The first kappa shape index (κ1) is 18.6. The zero-order valence-electron chi connectivity index (χ0n) is 14.0. The van der Waals surface area contributed by atoms with Crippen molar-refractivity contribution in [3.63, 3.8) is 0 Å². The van der Waals surface area contributed by atoms with Crippen molar-refractivity contribution in [1.29, 1.82) is 0 Å². The SMILES string of the molecule is CCOC1(C(=O)Nc2ccc(OC(C)C)c(C(F)(F)F)c2)CCC1. The van der Waals surface area contributed by atoms with Crippen LogP contribution in [0.25, 0.3) is 0 Å². The largest absolute Gasteiger partial charge is 0.490 e. The van der Waals surface area contributed by atoms with Crippen molar-refractivity contribution in [3.8, 4) is 5.75 Å². The van der Waals surface area contributed by atoms with Crippen LogP contribution in [-0.4, -0.2) is 24.2 Å². The Hall–Kier alpha value is -1.76. The summed E-state index contributed by atoms with van der Waals surface area (Å²) in [5.41, 5.74) is -1.75. The maximum Gasteiger partial charge on any atom is 0.420 e. The number of nitrogens with one attached hydrogen (secondary N) is 1. The lowest BCUT2D eigenvalue weighted by Crippen LogP contribution is -2.51. The molecule has 0 unspecified atom stereocenters. The van der Waals surface area contributed by atoms with Crippen LogP contribution in [0.3, 0.4) is 0 Å². The number of amides is 1. The first-order valence-electron chi connectivity index (χ1n) is 8.01. The van der Waals surface area contributed by atoms with E-state index in [0.717, 1.165) is 12.5 Å². The van der Waals surface area contributed by atoms with Crippen molar-refractivity contribution in [1.82, 2.24) is 0 Å². The molecular formula is C17H22F3NO3. The van der Waals surface area contributed by atoms with Crippen molar-refractivity contribution < 1.29 is 27.4 Å². The van der Waals surface area contributed by atoms with E-state index < -0.39 is 23.2 Å². The quantitative estimate of drug-likeness (QED) is 0.832. The molecule has 1 aliphatic carbocycles. The highest BCUT2D eigenvalue weighted by Crippen LogP contribution is 2.40. The number of halogens is 3. The van der Waals surface area contributed by atoms with E-state index in [1.165, 1.54) is 12.1 Å². The Kier molecular flexibility index (Phi) is 5.42. The molecule has 0 aromatic heterocycles. The van der Waals surface area contributed by atoms with Crippen LogP contribution >= 0.6 is 0 Å². The van der Waals surface area contributed by atoms with E-state index in [0.29, 0.717) is 19.4 Å². The Bertz CT molecular complexity index is 595. The summed E-state index contributed by atoms with van der Waals surface area (Å²) in [6, 6.07) is 3.53. The molecule has 2 rings (SSSR count). The molecule has 134 valence electrons. The molecule has 1 aromatic carbocycles. The van der Waals surface area contributed by atoms with E-state index in [1.807, 2.05) is 0 Å². The first-order valence-corrected chi connectivity index (χ1v) is 8.01. The molecule has 0 aliphatic heterocycles. The number of anilines is 1. The standard InChI is InChI=1S/C17H22F3NO3/c1-4-23-16(8-5-9-16)15(22)21-12-6-7-14(24-11(2)3)13(10-12)17(18,19)20/h6-7,10-11H,4-5,8-9H2,1-3H3,(H,21,22). The molecule has 1 N–H and O–H groups in total. The lowest BCUT2D eigenvalue weighted by molar-refractivity contribution is -0.153. The Labute approximate surface area is 139 Å². The number of carbonyl (C=O) groups excluding carboxylic acids is 1. The Morgan fingerprint density at radius 3 is 2.46 bits per heavy atom. The van der Waals surface area contributed by atoms with Gasteiger partial charge in [0.1, 0.15) is 11.4 Å². The second-order valence-electron chi connectivity index (χ2n) is 6.11. The predicted octanol–water partition coefficient (Wildman–Crippen LogP) is 4.39. The summed E-state index contributed by atoms with van der Waals surface area (Å²) in [6.45, 7) is 5.46. The van der Waals surface area contributed by atoms with Crippen LogP contribution in [0, 0.1) is 0 Å². The summed E-state index contributed by atoms with van der Waals surface area (Å²) in [4.78, 5) is 12.4. The van der Waals surface area contributed by atoms with Crippen LogP contribution in [0.4, 0.5) is 18.9 Å². The monoisotopic (exact) mass is 345 g/mol. The van der Waals surface area contributed by atoms with E-state index in [9.17, 15) is 18.0 Å². The normalized spacial score (nSPS) is 16.6. The third kappa shape index (κ3) is 4.01. The molecule has 24 heavy (non-hydrogen) atoms. The van der Waals surface area contributed by atoms with E-state index in [1.54, 1.807) is 20.8 Å². The van der Waals surface area contributed by atoms with Gasteiger partial charge in [0.15, 0.2) is 0 Å². The van der Waals surface area contributed by atoms with Crippen molar-refractivity contribution in [3.05, 3.63) is 23.8 Å². The fourth-order valence-electron chi connectivity index (χ4n) is 2.64. The van der Waals surface area contributed by atoms with Gasteiger partial charge in [0.2, 0.25) is 0 Å². The predicted molar refractivity (Wildman–Crippen MR) is 84.0 cm³/mol. The van der Waals surface area contributed by atoms with E-state index in [2.05, 4.69) is 5.32 Å². The summed E-state index contributed by atoms with van der Waals surface area (Å²) < 4.78 is 50.4. The molecule has 7 heteroatoms. The topological polar surface area (TPSA) is 47.6 Å². The number of carbonyl (C=O) groups is 1. The minimum Gasteiger partial charge on any atom is -0.490 e. The highest BCUT2D eigenvalue weighted by atomic mass is 19.4. The average Bonchev–Trinajstić information content (AvgIpc) is 2.42. The molecule has 0 saturated heterocycles. The third-order valence-electron chi connectivity index (χ3n) is 3.90. The van der Waals surface area contributed by atoms with Crippen LogP contribution in [-0.2, 0) is 15.7 Å². The fourth-order valence-corrected chi connectivity index (χ4v) is 2.64. The van der Waals surface area contributed by atoms with Crippen molar-refractivity contribution in [2.45, 2.75) is 57.9 Å². The molecule has 1 fully saturated rings. The molecule has 1 aliphatic rings. The zero-order chi connectivity index (χ0) is 18.0. The Balaban J connectivity index is 2.23. The minimum atomic E-state index is -4.57. The van der Waals surface area contributed by atoms with E-state index >= 15 is 0 Å². The fraction of sp³-hybridized carbons (Fsp3) is 0.588. The molecule has 1 saturated carbocycles. The second-order valence-corrected chi connectivity index (χ2v) is 6.11. The first-order chi connectivity index (χ1) is 11.2. The van der Waals surface area contributed by atoms with Gasteiger partial charge in [-0.15, -0.1) is 0 Å². The second kappa shape index (κ2) is 7.01. The van der Waals surface area contributed by atoms with Gasteiger partial charge in [0.25, 0.3) is 5.91 Å². The van der Waals surface area contributed by atoms with Gasteiger partial charge >= 0.3 is 6.18 Å². The highest BCUT2D eigenvalue weighted by Gasteiger charge is 2.45. The number of hydrogen-bond donors (Lipinski definition) is 1. The van der Waals surface area contributed by atoms with E-state index in [-0.39, 0.29) is 17.5 Å². The molecule has 0 heterocycles. The Morgan fingerprint density at radius 2 is 2.00 bits per heavy atom. The van der Waals surface area contributed by atoms with Crippen LogP contribution in [0.5, 0.6) is 5.75 Å².